The third kappa shape index (κ3) is 2.55. The molecular weight excluding hydrogens is 244 g/mol. The molecule has 2 aliphatic rings. The lowest BCUT2D eigenvalue weighted by Gasteiger charge is -2.38. The molecule has 3 heterocycles. The lowest BCUT2D eigenvalue weighted by atomic mass is 9.81. The fourth-order valence-electron chi connectivity index (χ4n) is 3.18. The van der Waals surface area contributed by atoms with E-state index in [-0.39, 0.29) is 11.5 Å². The van der Waals surface area contributed by atoms with Crippen LogP contribution in [0.25, 0.3) is 0 Å². The second-order valence-electron chi connectivity index (χ2n) is 5.66. The summed E-state index contributed by atoms with van der Waals surface area (Å²) in [4.78, 5) is 0. The number of ether oxygens (including phenoxy) is 2. The quantitative estimate of drug-likeness (QED) is 0.901. The predicted octanol–water partition coefficient (Wildman–Crippen LogP) is 1.52. The molecule has 5 heteroatoms. The minimum atomic E-state index is -0.443. The van der Waals surface area contributed by atoms with E-state index >= 15 is 0 Å². The number of rotatable bonds is 3. The molecule has 1 aromatic heterocycles. The highest BCUT2D eigenvalue weighted by molar-refractivity contribution is 5.10. The first-order valence-corrected chi connectivity index (χ1v) is 7.14. The molecule has 2 aliphatic heterocycles. The van der Waals surface area contributed by atoms with Gasteiger partial charge in [-0.2, -0.15) is 5.10 Å². The molecule has 2 fully saturated rings. The minimum absolute atomic E-state index is 0.148. The van der Waals surface area contributed by atoms with Gasteiger partial charge in [-0.1, -0.05) is 0 Å². The van der Waals surface area contributed by atoms with E-state index in [2.05, 4.69) is 5.10 Å². The van der Waals surface area contributed by atoms with Crippen LogP contribution in [0.3, 0.4) is 0 Å². The Balaban J connectivity index is 1.70. The number of aryl methyl sites for hydroxylation is 1. The first kappa shape index (κ1) is 13.1. The van der Waals surface area contributed by atoms with Gasteiger partial charge in [0.1, 0.15) is 0 Å². The zero-order chi connectivity index (χ0) is 13.3. The van der Waals surface area contributed by atoms with Crippen molar-refractivity contribution in [3.8, 4) is 0 Å². The van der Waals surface area contributed by atoms with Crippen LogP contribution in [0.4, 0.5) is 0 Å². The van der Waals surface area contributed by atoms with Gasteiger partial charge in [-0.25, -0.2) is 0 Å². The minimum Gasteiger partial charge on any atom is -0.388 e. The van der Waals surface area contributed by atoms with Gasteiger partial charge in [0, 0.05) is 37.9 Å². The van der Waals surface area contributed by atoms with Gasteiger partial charge >= 0.3 is 0 Å². The smallest absolute Gasteiger partial charge is 0.0940 e. The molecule has 0 amide bonds. The van der Waals surface area contributed by atoms with E-state index in [1.54, 1.807) is 6.20 Å². The van der Waals surface area contributed by atoms with Crippen molar-refractivity contribution in [3.05, 3.63) is 18.0 Å². The van der Waals surface area contributed by atoms with E-state index in [4.69, 9.17) is 9.47 Å². The van der Waals surface area contributed by atoms with Gasteiger partial charge < -0.3 is 14.6 Å². The number of hydrogen-bond donors (Lipinski definition) is 1. The summed E-state index contributed by atoms with van der Waals surface area (Å²) in [5.41, 5.74) is 0.771. The molecule has 19 heavy (non-hydrogen) atoms. The summed E-state index contributed by atoms with van der Waals surface area (Å²) in [5.74, 6) is 0.241. The molecule has 0 saturated carbocycles. The third-order valence-electron chi connectivity index (χ3n) is 4.36. The van der Waals surface area contributed by atoms with Crippen molar-refractivity contribution in [2.75, 3.05) is 19.8 Å². The van der Waals surface area contributed by atoms with Crippen molar-refractivity contribution >= 4 is 0 Å². The molecule has 106 valence electrons. The highest BCUT2D eigenvalue weighted by atomic mass is 16.6. The Morgan fingerprint density at radius 2 is 2.47 bits per heavy atom. The third-order valence-corrected chi connectivity index (χ3v) is 4.36. The van der Waals surface area contributed by atoms with Crippen LogP contribution >= 0.6 is 0 Å². The maximum Gasteiger partial charge on any atom is 0.0940 e. The fourth-order valence-corrected chi connectivity index (χ4v) is 3.18. The van der Waals surface area contributed by atoms with E-state index in [1.807, 2.05) is 17.8 Å². The SMILES string of the molecule is CCn1cc(C(O)C2CCOC3(CCOC3)C2)cn1. The number of aliphatic hydroxyl groups excluding tert-OH is 1. The van der Waals surface area contributed by atoms with Crippen molar-refractivity contribution in [2.24, 2.45) is 5.92 Å². The van der Waals surface area contributed by atoms with Crippen LogP contribution in [0.2, 0.25) is 0 Å². The Hall–Kier alpha value is -0.910. The molecule has 3 atom stereocenters. The summed E-state index contributed by atoms with van der Waals surface area (Å²) in [5, 5.41) is 14.8. The van der Waals surface area contributed by atoms with Crippen molar-refractivity contribution in [3.63, 3.8) is 0 Å². The molecule has 1 N–H and O–H groups in total. The van der Waals surface area contributed by atoms with E-state index in [0.29, 0.717) is 13.2 Å². The summed E-state index contributed by atoms with van der Waals surface area (Å²) >= 11 is 0. The van der Waals surface area contributed by atoms with E-state index in [9.17, 15) is 5.11 Å². The zero-order valence-corrected chi connectivity index (χ0v) is 11.4. The fraction of sp³-hybridized carbons (Fsp3) is 0.786. The average Bonchev–Trinajstić information content (AvgIpc) is 3.07. The second-order valence-corrected chi connectivity index (χ2v) is 5.66. The van der Waals surface area contributed by atoms with Crippen LogP contribution in [0, 0.1) is 5.92 Å². The summed E-state index contributed by atoms with van der Waals surface area (Å²) in [7, 11) is 0. The molecule has 0 aliphatic carbocycles. The van der Waals surface area contributed by atoms with Gasteiger partial charge in [0.15, 0.2) is 0 Å². The number of aromatic nitrogens is 2. The van der Waals surface area contributed by atoms with Crippen LogP contribution in [0.15, 0.2) is 12.4 Å². The second kappa shape index (κ2) is 5.23. The Kier molecular flexibility index (Phi) is 3.60. The molecule has 5 nitrogen and oxygen atoms in total. The highest BCUT2D eigenvalue weighted by Crippen LogP contribution is 2.40. The van der Waals surface area contributed by atoms with Crippen molar-refractivity contribution in [1.29, 1.82) is 0 Å². The van der Waals surface area contributed by atoms with Crippen molar-refractivity contribution in [2.45, 2.75) is 44.4 Å². The monoisotopic (exact) mass is 266 g/mol. The average molecular weight is 266 g/mol. The topological polar surface area (TPSA) is 56.5 Å². The predicted molar refractivity (Wildman–Crippen MR) is 69.7 cm³/mol. The lowest BCUT2D eigenvalue weighted by Crippen LogP contribution is -2.41. The van der Waals surface area contributed by atoms with Gasteiger partial charge in [0.05, 0.1) is 24.5 Å². The largest absolute Gasteiger partial charge is 0.388 e. The van der Waals surface area contributed by atoms with Crippen LogP contribution in [0.1, 0.15) is 37.9 Å². The molecule has 0 aromatic carbocycles. The van der Waals surface area contributed by atoms with Gasteiger partial charge in [-0.15, -0.1) is 0 Å². The van der Waals surface area contributed by atoms with Gasteiger partial charge in [-0.05, 0) is 25.7 Å². The van der Waals surface area contributed by atoms with Gasteiger partial charge in [-0.3, -0.25) is 4.68 Å². The molecule has 0 bridgehead atoms. The summed E-state index contributed by atoms with van der Waals surface area (Å²) in [6, 6.07) is 0. The van der Waals surface area contributed by atoms with Gasteiger partial charge in [0.2, 0.25) is 0 Å². The van der Waals surface area contributed by atoms with E-state index < -0.39 is 6.10 Å². The Morgan fingerprint density at radius 3 is 3.16 bits per heavy atom. The first-order valence-electron chi connectivity index (χ1n) is 7.14. The molecule has 1 spiro atoms. The maximum absolute atomic E-state index is 10.5. The summed E-state index contributed by atoms with van der Waals surface area (Å²) < 4.78 is 13.2. The van der Waals surface area contributed by atoms with Crippen LogP contribution in [0.5, 0.6) is 0 Å². The van der Waals surface area contributed by atoms with Crippen LogP contribution < -0.4 is 0 Å². The van der Waals surface area contributed by atoms with Gasteiger partial charge in [0.25, 0.3) is 0 Å². The molecular formula is C14H22N2O3. The normalized spacial score (nSPS) is 32.8. The molecule has 0 radical (unpaired) electrons. The van der Waals surface area contributed by atoms with Crippen LogP contribution in [-0.2, 0) is 16.0 Å². The number of nitrogens with zero attached hydrogens (tertiary/aromatic N) is 2. The number of hydrogen-bond acceptors (Lipinski definition) is 4. The standard InChI is InChI=1S/C14H22N2O3/c1-2-16-9-12(8-15-16)13(17)11-3-5-19-14(7-11)4-6-18-10-14/h8-9,11,13,17H,2-7,10H2,1H3. The van der Waals surface area contributed by atoms with E-state index in [1.165, 1.54) is 0 Å². The highest BCUT2D eigenvalue weighted by Gasteiger charge is 2.43. The van der Waals surface area contributed by atoms with E-state index in [0.717, 1.165) is 38.0 Å². The lowest BCUT2D eigenvalue weighted by molar-refractivity contribution is -0.117. The first-order chi connectivity index (χ1) is 9.22. The Labute approximate surface area is 113 Å². The molecule has 3 rings (SSSR count). The Bertz CT molecular complexity index is 426. The molecule has 2 saturated heterocycles. The van der Waals surface area contributed by atoms with Crippen LogP contribution in [-0.4, -0.2) is 40.3 Å². The molecule has 1 aromatic rings. The maximum atomic E-state index is 10.5. The summed E-state index contributed by atoms with van der Waals surface area (Å²) in [6.07, 6.45) is 6.01. The Morgan fingerprint density at radius 1 is 1.58 bits per heavy atom. The molecule has 3 unspecified atom stereocenters. The number of aliphatic hydroxyl groups is 1. The summed E-state index contributed by atoms with van der Waals surface area (Å²) in [6.45, 7) is 5.04. The van der Waals surface area contributed by atoms with Crippen molar-refractivity contribution in [1.82, 2.24) is 9.78 Å². The zero-order valence-electron chi connectivity index (χ0n) is 11.4. The van der Waals surface area contributed by atoms with Crippen molar-refractivity contribution < 1.29 is 14.6 Å².